The molecule has 3 rings (SSSR count). The number of nitrogens with one attached hydrogen (secondary N) is 2. The van der Waals surface area contributed by atoms with Gasteiger partial charge in [0, 0.05) is 28.7 Å². The molecule has 0 aliphatic heterocycles. The third-order valence-corrected chi connectivity index (χ3v) is 5.03. The highest BCUT2D eigenvalue weighted by Crippen LogP contribution is 2.49. The molecule has 7 heteroatoms. The Hall–Kier alpha value is -2.86. The van der Waals surface area contributed by atoms with E-state index >= 15 is 0 Å². The first-order valence-electron chi connectivity index (χ1n) is 9.00. The Kier molecular flexibility index (Phi) is 6.31. The van der Waals surface area contributed by atoms with Crippen LogP contribution in [0, 0.1) is 5.92 Å². The van der Waals surface area contributed by atoms with Crippen molar-refractivity contribution >= 4 is 35.1 Å². The average Bonchev–Trinajstić information content (AvgIpc) is 3.49. The number of hydrogen-bond donors (Lipinski definition) is 2. The number of hydrogen-bond acceptors (Lipinski definition) is 4. The van der Waals surface area contributed by atoms with E-state index in [1.807, 2.05) is 24.3 Å². The normalized spacial score (nSPS) is 17.5. The maximum atomic E-state index is 12.4. The molecular formula is C21H21ClN2O4. The number of benzene rings is 2. The highest BCUT2D eigenvalue weighted by molar-refractivity contribution is 6.31. The zero-order valence-electron chi connectivity index (χ0n) is 15.4. The molecule has 1 saturated carbocycles. The monoisotopic (exact) mass is 400 g/mol. The number of anilines is 1. The Labute approximate surface area is 168 Å². The summed E-state index contributed by atoms with van der Waals surface area (Å²) in [7, 11) is 1.30. The van der Waals surface area contributed by atoms with Crippen LogP contribution in [-0.2, 0) is 14.3 Å². The van der Waals surface area contributed by atoms with Crippen LogP contribution in [0.1, 0.15) is 34.7 Å². The molecular weight excluding hydrogens is 380 g/mol. The second-order valence-electron chi connectivity index (χ2n) is 6.62. The first-order chi connectivity index (χ1) is 13.5. The zero-order valence-corrected chi connectivity index (χ0v) is 16.2. The summed E-state index contributed by atoms with van der Waals surface area (Å²) < 4.78 is 4.52. The van der Waals surface area contributed by atoms with Crippen molar-refractivity contribution in [3.05, 3.63) is 64.7 Å². The molecule has 2 unspecified atom stereocenters. The molecule has 2 amide bonds. The SMILES string of the molecule is COC(=O)CCNC(=O)c1ccc(NC(=O)C2CC2c2ccccc2Cl)cc1. The minimum atomic E-state index is -0.381. The van der Waals surface area contributed by atoms with E-state index in [9.17, 15) is 14.4 Å². The van der Waals surface area contributed by atoms with Gasteiger partial charge in [-0.15, -0.1) is 0 Å². The summed E-state index contributed by atoms with van der Waals surface area (Å²) in [6, 6.07) is 14.2. The quantitative estimate of drug-likeness (QED) is 0.698. The predicted octanol–water partition coefficient (Wildman–Crippen LogP) is 3.38. The van der Waals surface area contributed by atoms with Crippen molar-refractivity contribution in [2.24, 2.45) is 5.92 Å². The van der Waals surface area contributed by atoms with Crippen molar-refractivity contribution < 1.29 is 19.1 Å². The van der Waals surface area contributed by atoms with Gasteiger partial charge in [0.2, 0.25) is 5.91 Å². The molecule has 2 N–H and O–H groups in total. The molecule has 2 aromatic rings. The van der Waals surface area contributed by atoms with Crippen LogP contribution in [-0.4, -0.2) is 31.4 Å². The molecule has 0 radical (unpaired) electrons. The maximum Gasteiger partial charge on any atom is 0.307 e. The highest BCUT2D eigenvalue weighted by Gasteiger charge is 2.44. The minimum Gasteiger partial charge on any atom is -0.469 e. The summed E-state index contributed by atoms with van der Waals surface area (Å²) in [6.07, 6.45) is 0.890. The summed E-state index contributed by atoms with van der Waals surface area (Å²) in [6.45, 7) is 0.203. The first kappa shape index (κ1) is 19.9. The van der Waals surface area contributed by atoms with E-state index < -0.39 is 0 Å². The maximum absolute atomic E-state index is 12.4. The van der Waals surface area contributed by atoms with E-state index in [0.717, 1.165) is 12.0 Å². The van der Waals surface area contributed by atoms with E-state index in [1.165, 1.54) is 7.11 Å². The summed E-state index contributed by atoms with van der Waals surface area (Å²) in [4.78, 5) is 35.5. The molecule has 1 fully saturated rings. The lowest BCUT2D eigenvalue weighted by Gasteiger charge is -2.08. The van der Waals surface area contributed by atoms with Crippen LogP contribution >= 0.6 is 11.6 Å². The van der Waals surface area contributed by atoms with Crippen LogP contribution in [0.15, 0.2) is 48.5 Å². The van der Waals surface area contributed by atoms with Crippen LogP contribution in [0.3, 0.4) is 0 Å². The molecule has 146 valence electrons. The Balaban J connectivity index is 1.50. The Bertz CT molecular complexity index is 882. The van der Waals surface area contributed by atoms with Gasteiger partial charge in [0.15, 0.2) is 0 Å². The lowest BCUT2D eigenvalue weighted by atomic mass is 10.1. The van der Waals surface area contributed by atoms with Gasteiger partial charge in [-0.3, -0.25) is 14.4 Å². The molecule has 0 spiro atoms. The zero-order chi connectivity index (χ0) is 20.1. The fourth-order valence-corrected chi connectivity index (χ4v) is 3.30. The van der Waals surface area contributed by atoms with Gasteiger partial charge in [-0.2, -0.15) is 0 Å². The fourth-order valence-electron chi connectivity index (χ4n) is 3.03. The molecule has 0 saturated heterocycles. The van der Waals surface area contributed by atoms with Gasteiger partial charge < -0.3 is 15.4 Å². The average molecular weight is 401 g/mol. The van der Waals surface area contributed by atoms with Crippen molar-refractivity contribution in [3.8, 4) is 0 Å². The second kappa shape index (κ2) is 8.89. The molecule has 28 heavy (non-hydrogen) atoms. The van der Waals surface area contributed by atoms with Crippen molar-refractivity contribution in [2.75, 3.05) is 19.0 Å². The van der Waals surface area contributed by atoms with E-state index in [4.69, 9.17) is 11.6 Å². The number of ether oxygens (including phenoxy) is 1. The Morgan fingerprint density at radius 1 is 1.11 bits per heavy atom. The number of carbonyl (C=O) groups excluding carboxylic acids is 3. The number of halogens is 1. The Morgan fingerprint density at radius 2 is 1.82 bits per heavy atom. The van der Waals surface area contributed by atoms with Crippen LogP contribution in [0.25, 0.3) is 0 Å². The van der Waals surface area contributed by atoms with Crippen LogP contribution in [0.2, 0.25) is 5.02 Å². The minimum absolute atomic E-state index is 0.0554. The van der Waals surface area contributed by atoms with Gasteiger partial charge in [-0.25, -0.2) is 0 Å². The van der Waals surface area contributed by atoms with Crippen LogP contribution in [0.4, 0.5) is 5.69 Å². The third kappa shape index (κ3) is 4.89. The van der Waals surface area contributed by atoms with Gasteiger partial charge in [0.1, 0.15) is 0 Å². The number of methoxy groups -OCH3 is 1. The van der Waals surface area contributed by atoms with Crippen molar-refractivity contribution in [1.82, 2.24) is 5.32 Å². The molecule has 6 nitrogen and oxygen atoms in total. The first-order valence-corrected chi connectivity index (χ1v) is 9.37. The summed E-state index contributed by atoms with van der Waals surface area (Å²) in [5.74, 6) is -0.675. The molecule has 0 heterocycles. The van der Waals surface area contributed by atoms with Crippen LogP contribution in [0.5, 0.6) is 0 Å². The van der Waals surface area contributed by atoms with Gasteiger partial charge in [-0.05, 0) is 48.2 Å². The molecule has 0 aromatic heterocycles. The van der Waals surface area contributed by atoms with E-state index in [0.29, 0.717) is 16.3 Å². The molecule has 1 aliphatic rings. The lowest BCUT2D eigenvalue weighted by molar-refractivity contribution is -0.140. The van der Waals surface area contributed by atoms with Crippen molar-refractivity contribution in [2.45, 2.75) is 18.8 Å². The largest absolute Gasteiger partial charge is 0.469 e. The smallest absolute Gasteiger partial charge is 0.307 e. The van der Waals surface area contributed by atoms with E-state index in [2.05, 4.69) is 15.4 Å². The predicted molar refractivity (Wildman–Crippen MR) is 106 cm³/mol. The number of carbonyl (C=O) groups is 3. The van der Waals surface area contributed by atoms with Gasteiger partial charge in [0.25, 0.3) is 5.91 Å². The molecule has 2 atom stereocenters. The van der Waals surface area contributed by atoms with Crippen LogP contribution < -0.4 is 10.6 Å². The number of amides is 2. The topological polar surface area (TPSA) is 84.5 Å². The summed E-state index contributed by atoms with van der Waals surface area (Å²) in [5.41, 5.74) is 2.08. The lowest BCUT2D eigenvalue weighted by Crippen LogP contribution is -2.26. The summed E-state index contributed by atoms with van der Waals surface area (Å²) in [5, 5.41) is 6.21. The number of esters is 1. The second-order valence-corrected chi connectivity index (χ2v) is 7.03. The number of rotatable bonds is 7. The third-order valence-electron chi connectivity index (χ3n) is 4.69. The fraction of sp³-hybridized carbons (Fsp3) is 0.286. The van der Waals surface area contributed by atoms with E-state index in [1.54, 1.807) is 24.3 Å². The summed E-state index contributed by atoms with van der Waals surface area (Å²) >= 11 is 6.20. The van der Waals surface area contributed by atoms with E-state index in [-0.39, 0.29) is 42.6 Å². The molecule has 1 aliphatic carbocycles. The molecule has 0 bridgehead atoms. The van der Waals surface area contributed by atoms with Gasteiger partial charge in [0.05, 0.1) is 13.5 Å². The standard InChI is InChI=1S/C21H21ClN2O4/c1-28-19(25)10-11-23-20(26)13-6-8-14(9-7-13)24-21(27)17-12-16(17)15-4-2-3-5-18(15)22/h2-9,16-17H,10-12H2,1H3,(H,23,26)(H,24,27). The van der Waals surface area contributed by atoms with Crippen molar-refractivity contribution in [1.29, 1.82) is 0 Å². The van der Waals surface area contributed by atoms with Crippen molar-refractivity contribution in [3.63, 3.8) is 0 Å². The van der Waals surface area contributed by atoms with Gasteiger partial charge >= 0.3 is 5.97 Å². The highest BCUT2D eigenvalue weighted by atomic mass is 35.5. The van der Waals surface area contributed by atoms with Gasteiger partial charge in [-0.1, -0.05) is 29.8 Å². The Morgan fingerprint density at radius 3 is 2.50 bits per heavy atom. The molecule has 2 aromatic carbocycles.